The summed E-state index contributed by atoms with van der Waals surface area (Å²) < 4.78 is 10.6. The van der Waals surface area contributed by atoms with Crippen LogP contribution in [0.2, 0.25) is 0 Å². The van der Waals surface area contributed by atoms with Gasteiger partial charge >= 0.3 is 11.9 Å². The third-order valence-corrected chi connectivity index (χ3v) is 3.95. The van der Waals surface area contributed by atoms with Gasteiger partial charge in [0.1, 0.15) is 6.10 Å². The number of unbranched alkanes of at least 4 members (excludes halogenated alkanes) is 3. The van der Waals surface area contributed by atoms with Crippen molar-refractivity contribution in [3.8, 4) is 0 Å². The molecule has 0 aromatic carbocycles. The lowest BCUT2D eigenvalue weighted by Gasteiger charge is -2.26. The van der Waals surface area contributed by atoms with Gasteiger partial charge in [-0.05, 0) is 32.2 Å². The highest BCUT2D eigenvalue weighted by Crippen LogP contribution is 2.12. The molecule has 0 saturated carbocycles. The molecule has 6 heteroatoms. The molecular formula is C17H29NO5. The molecule has 0 aromatic heterocycles. The summed E-state index contributed by atoms with van der Waals surface area (Å²) in [6, 6.07) is 0. The summed E-state index contributed by atoms with van der Waals surface area (Å²) in [6.45, 7) is 6.88. The van der Waals surface area contributed by atoms with E-state index >= 15 is 0 Å². The number of rotatable bonds is 11. The minimum Gasteiger partial charge on any atom is -0.478 e. The number of carbonyl (C=O) groups is 2. The van der Waals surface area contributed by atoms with Crippen molar-refractivity contribution in [2.75, 3.05) is 32.8 Å². The van der Waals surface area contributed by atoms with Gasteiger partial charge in [0.05, 0.1) is 13.2 Å². The molecule has 1 unspecified atom stereocenters. The van der Waals surface area contributed by atoms with Crippen LogP contribution in [0.5, 0.6) is 0 Å². The van der Waals surface area contributed by atoms with E-state index in [4.69, 9.17) is 14.6 Å². The van der Waals surface area contributed by atoms with Crippen molar-refractivity contribution in [3.05, 3.63) is 12.2 Å². The van der Waals surface area contributed by atoms with Crippen molar-refractivity contribution >= 4 is 11.9 Å². The Morgan fingerprint density at radius 1 is 1.17 bits per heavy atom. The third kappa shape index (κ3) is 10.1. The van der Waals surface area contributed by atoms with Crippen LogP contribution in [0, 0.1) is 0 Å². The molecule has 0 spiro atoms. The van der Waals surface area contributed by atoms with Crippen molar-refractivity contribution in [3.63, 3.8) is 0 Å². The van der Waals surface area contributed by atoms with Crippen molar-refractivity contribution in [2.45, 2.75) is 51.6 Å². The Kier molecular flexibility index (Phi) is 10.3. The Bertz CT molecular complexity index is 377. The van der Waals surface area contributed by atoms with E-state index in [0.717, 1.165) is 70.7 Å². The van der Waals surface area contributed by atoms with Crippen LogP contribution in [0.15, 0.2) is 12.2 Å². The number of esters is 1. The van der Waals surface area contributed by atoms with E-state index in [2.05, 4.69) is 4.90 Å². The molecule has 23 heavy (non-hydrogen) atoms. The highest BCUT2D eigenvalue weighted by Gasteiger charge is 2.11. The van der Waals surface area contributed by atoms with Gasteiger partial charge in [-0.15, -0.1) is 0 Å². The molecule has 1 N–H and O–H groups in total. The zero-order valence-electron chi connectivity index (χ0n) is 14.0. The van der Waals surface area contributed by atoms with Crippen LogP contribution in [0.1, 0.15) is 45.4 Å². The Balaban J connectivity index is 2.05. The number of aliphatic carboxylic acids is 1. The van der Waals surface area contributed by atoms with Gasteiger partial charge in [-0.1, -0.05) is 19.8 Å². The van der Waals surface area contributed by atoms with Crippen LogP contribution in [0.25, 0.3) is 0 Å². The van der Waals surface area contributed by atoms with Crippen LogP contribution >= 0.6 is 0 Å². The highest BCUT2D eigenvalue weighted by atomic mass is 16.5. The summed E-state index contributed by atoms with van der Waals surface area (Å²) in [5, 5.41) is 8.47. The Morgan fingerprint density at radius 2 is 1.87 bits per heavy atom. The molecule has 6 nitrogen and oxygen atoms in total. The maximum Gasteiger partial charge on any atom is 0.331 e. The molecule has 1 atom stereocenters. The van der Waals surface area contributed by atoms with Crippen LogP contribution in [0.3, 0.4) is 0 Å². The van der Waals surface area contributed by atoms with E-state index in [-0.39, 0.29) is 6.10 Å². The second-order valence-corrected chi connectivity index (χ2v) is 5.80. The van der Waals surface area contributed by atoms with Gasteiger partial charge in [0.15, 0.2) is 0 Å². The number of carboxylic acids is 1. The predicted molar refractivity (Wildman–Crippen MR) is 87.3 cm³/mol. The van der Waals surface area contributed by atoms with Crippen molar-refractivity contribution in [2.24, 2.45) is 0 Å². The number of nitrogens with zero attached hydrogens (tertiary/aromatic N) is 1. The Morgan fingerprint density at radius 3 is 2.52 bits per heavy atom. The molecule has 1 rings (SSSR count). The Hall–Kier alpha value is -1.40. The maximum absolute atomic E-state index is 11.4. The number of morpholine rings is 1. The molecular weight excluding hydrogens is 298 g/mol. The van der Waals surface area contributed by atoms with E-state index in [1.807, 2.05) is 6.92 Å². The first-order valence-corrected chi connectivity index (χ1v) is 8.53. The summed E-state index contributed by atoms with van der Waals surface area (Å²) in [7, 11) is 0. The number of hydrogen-bond acceptors (Lipinski definition) is 5. The minimum absolute atomic E-state index is 0.125. The number of carboxylic acid groups (broad SMARTS) is 1. The summed E-state index contributed by atoms with van der Waals surface area (Å²) in [5.41, 5.74) is 0. The number of hydrogen-bond donors (Lipinski definition) is 1. The van der Waals surface area contributed by atoms with Gasteiger partial charge in [-0.3, -0.25) is 4.90 Å². The predicted octanol–water partition coefficient (Wildman–Crippen LogP) is 2.23. The lowest BCUT2D eigenvalue weighted by atomic mass is 10.1. The minimum atomic E-state index is -1.14. The van der Waals surface area contributed by atoms with Gasteiger partial charge in [0.2, 0.25) is 0 Å². The first kappa shape index (κ1) is 19.6. The summed E-state index contributed by atoms with van der Waals surface area (Å²) >= 11 is 0. The van der Waals surface area contributed by atoms with Crippen LogP contribution < -0.4 is 0 Å². The van der Waals surface area contributed by atoms with Crippen LogP contribution in [-0.2, 0) is 19.1 Å². The van der Waals surface area contributed by atoms with E-state index in [9.17, 15) is 9.59 Å². The molecule has 1 heterocycles. The molecule has 0 aliphatic carbocycles. The first-order chi connectivity index (χ1) is 11.1. The molecule has 1 fully saturated rings. The second kappa shape index (κ2) is 12.1. The first-order valence-electron chi connectivity index (χ1n) is 8.53. The maximum atomic E-state index is 11.4. The van der Waals surface area contributed by atoms with Crippen molar-refractivity contribution in [1.82, 2.24) is 4.90 Å². The molecule has 1 saturated heterocycles. The van der Waals surface area contributed by atoms with E-state index in [0.29, 0.717) is 0 Å². The number of ether oxygens (including phenoxy) is 2. The topological polar surface area (TPSA) is 76.1 Å². The number of carbonyl (C=O) groups excluding carboxylic acids is 1. The molecule has 1 aliphatic rings. The average molecular weight is 327 g/mol. The third-order valence-electron chi connectivity index (χ3n) is 3.95. The van der Waals surface area contributed by atoms with Gasteiger partial charge in [-0.25, -0.2) is 9.59 Å². The molecule has 1 aliphatic heterocycles. The summed E-state index contributed by atoms with van der Waals surface area (Å²) in [5.74, 6) is -1.72. The van der Waals surface area contributed by atoms with E-state index < -0.39 is 11.9 Å². The lowest BCUT2D eigenvalue weighted by Crippen LogP contribution is -2.36. The van der Waals surface area contributed by atoms with Gasteiger partial charge in [0, 0.05) is 25.2 Å². The van der Waals surface area contributed by atoms with Crippen molar-refractivity contribution < 1.29 is 24.2 Å². The largest absolute Gasteiger partial charge is 0.478 e. The van der Waals surface area contributed by atoms with Crippen molar-refractivity contribution in [1.29, 1.82) is 0 Å². The molecule has 0 amide bonds. The fraction of sp³-hybridized carbons (Fsp3) is 0.765. The van der Waals surface area contributed by atoms with E-state index in [1.165, 1.54) is 12.8 Å². The fourth-order valence-electron chi connectivity index (χ4n) is 2.58. The second-order valence-electron chi connectivity index (χ2n) is 5.80. The fourth-order valence-corrected chi connectivity index (χ4v) is 2.58. The monoisotopic (exact) mass is 327 g/mol. The zero-order valence-corrected chi connectivity index (χ0v) is 14.0. The molecule has 0 aromatic rings. The van der Waals surface area contributed by atoms with Gasteiger partial charge < -0.3 is 14.6 Å². The normalized spacial score (nSPS) is 17.3. The van der Waals surface area contributed by atoms with E-state index in [1.54, 1.807) is 0 Å². The molecule has 0 bridgehead atoms. The average Bonchev–Trinajstić information content (AvgIpc) is 2.55. The molecule has 132 valence electrons. The Labute approximate surface area is 138 Å². The smallest absolute Gasteiger partial charge is 0.331 e. The SMILES string of the molecule is CCC(CCCCCCN1CCOCC1)OC(=O)/C=C/C(=O)O. The molecule has 0 radical (unpaired) electrons. The zero-order chi connectivity index (χ0) is 16.9. The van der Waals surface area contributed by atoms with Crippen LogP contribution in [0.4, 0.5) is 0 Å². The summed E-state index contributed by atoms with van der Waals surface area (Å²) in [6.07, 6.45) is 7.76. The van der Waals surface area contributed by atoms with Crippen LogP contribution in [-0.4, -0.2) is 60.9 Å². The van der Waals surface area contributed by atoms with Gasteiger partial charge in [-0.2, -0.15) is 0 Å². The lowest BCUT2D eigenvalue weighted by molar-refractivity contribution is -0.144. The quantitative estimate of drug-likeness (QED) is 0.356. The van der Waals surface area contributed by atoms with Gasteiger partial charge in [0.25, 0.3) is 0 Å². The summed E-state index contributed by atoms with van der Waals surface area (Å²) in [4.78, 5) is 24.2. The highest BCUT2D eigenvalue weighted by molar-refractivity contribution is 5.90. The standard InChI is InChI=1S/C17H29NO5/c1-2-15(23-17(21)9-8-16(19)20)7-5-3-4-6-10-18-11-13-22-14-12-18/h8-9,15H,2-7,10-14H2,1H3,(H,19,20)/b9-8+.